The van der Waals surface area contributed by atoms with Crippen LogP contribution in [0.5, 0.6) is 0 Å². The first-order chi connectivity index (χ1) is 28.9. The predicted octanol–water partition coefficient (Wildman–Crippen LogP) is 7.76. The van der Waals surface area contributed by atoms with Gasteiger partial charge in [0.2, 0.25) is 11.8 Å². The third-order valence-electron chi connectivity index (χ3n) is 11.6. The van der Waals surface area contributed by atoms with Gasteiger partial charge in [-0.15, -0.1) is 0 Å². The summed E-state index contributed by atoms with van der Waals surface area (Å²) in [5.41, 5.74) is 5.64. The van der Waals surface area contributed by atoms with E-state index in [0.717, 1.165) is 63.1 Å². The van der Waals surface area contributed by atoms with Crippen molar-refractivity contribution in [3.63, 3.8) is 0 Å². The van der Waals surface area contributed by atoms with Crippen molar-refractivity contribution in [2.75, 3.05) is 27.3 Å². The van der Waals surface area contributed by atoms with Crippen LogP contribution in [-0.4, -0.2) is 93.1 Å². The molecular weight excluding hydrogens is 775 g/mol. The molecule has 4 N–H and O–H groups in total. The maximum atomic E-state index is 13.7. The molecule has 320 valence electrons. The van der Waals surface area contributed by atoms with Crippen LogP contribution in [0.2, 0.25) is 0 Å². The lowest BCUT2D eigenvalue weighted by atomic mass is 9.98. The maximum Gasteiger partial charge on any atom is 0.407 e. The average Bonchev–Trinajstić information content (AvgIpc) is 4.10. The lowest BCUT2D eigenvalue weighted by Crippen LogP contribution is -2.51. The third kappa shape index (κ3) is 9.23. The van der Waals surface area contributed by atoms with E-state index in [2.05, 4.69) is 80.2 Å². The van der Waals surface area contributed by atoms with E-state index in [4.69, 9.17) is 14.5 Å². The van der Waals surface area contributed by atoms with Crippen LogP contribution in [0.15, 0.2) is 73.1 Å². The van der Waals surface area contributed by atoms with Gasteiger partial charge >= 0.3 is 12.2 Å². The molecule has 15 nitrogen and oxygen atoms in total. The first-order valence-electron chi connectivity index (χ1n) is 20.3. The largest absolute Gasteiger partial charge is 0.453 e. The molecule has 5 atom stereocenters. The number of ether oxygens (including phenoxy) is 2. The number of methoxy groups -OCH3 is 2. The molecule has 2 saturated heterocycles. The molecule has 15 heteroatoms. The standard InChI is InChI=1S/C45H51N9O6.CH4/c1-25(2)38(51-44(57)59-5)42(55)53-17-7-8-36(53)40-47-23-35(50-40)33-16-15-31-19-30(13-14-32(31)20-33)28-9-11-29(12-10-28)34-22-48-41(49-34)37-18-27(21-46)24-54(37)43(56)39(26(3)4)52-45(58)60-6;/h9-16,19-20,22-23,25-27,36-39H,7-8,17-18,24H2,1-6H3,(H,47,50)(H,48,49)(H,51,57)(H,52,58);1H4/t27-,36-,37-,38-,39-;/m0./s1. The Kier molecular flexibility index (Phi) is 13.5. The summed E-state index contributed by atoms with van der Waals surface area (Å²) in [6.07, 6.45) is 4.28. The van der Waals surface area contributed by atoms with Crippen molar-refractivity contribution in [3.05, 3.63) is 84.7 Å². The second kappa shape index (κ2) is 18.7. The molecular formula is C46H55N9O6. The SMILES string of the molecule is C.COC(=O)N[C@H](C(=O)N1CCC[C@H]1c1ncc(-c2ccc3cc(-c4ccc(-c5cnc([C@@H]6C[C@@H](C#N)CN6C(=O)[C@@H](NC(=O)OC)C(C)C)[nH]5)cc4)ccc3c2)[nH]1)C(C)C. The number of aromatic amines is 2. The van der Waals surface area contributed by atoms with Gasteiger partial charge < -0.3 is 39.9 Å². The Balaban J connectivity index is 0.00000622. The third-order valence-corrected chi connectivity index (χ3v) is 11.6. The number of H-pyrrole nitrogens is 2. The molecule has 2 aliphatic rings. The molecule has 0 aliphatic carbocycles. The molecule has 0 saturated carbocycles. The molecule has 2 fully saturated rings. The van der Waals surface area contributed by atoms with E-state index in [0.29, 0.717) is 18.8 Å². The summed E-state index contributed by atoms with van der Waals surface area (Å²) >= 11 is 0. The first kappa shape index (κ1) is 43.9. The fourth-order valence-electron chi connectivity index (χ4n) is 8.24. The summed E-state index contributed by atoms with van der Waals surface area (Å²) in [6.45, 7) is 8.33. The highest BCUT2D eigenvalue weighted by molar-refractivity contribution is 5.91. The Morgan fingerprint density at radius 2 is 1.21 bits per heavy atom. The number of imidazole rings is 2. The second-order valence-corrected chi connectivity index (χ2v) is 16.2. The minimum absolute atomic E-state index is 0. The molecule has 0 spiro atoms. The van der Waals surface area contributed by atoms with Crippen molar-refractivity contribution >= 4 is 34.8 Å². The van der Waals surface area contributed by atoms with Crippen LogP contribution in [0.25, 0.3) is 44.4 Å². The second-order valence-electron chi connectivity index (χ2n) is 16.2. The predicted molar refractivity (Wildman–Crippen MR) is 231 cm³/mol. The quantitative estimate of drug-likeness (QED) is 0.103. The molecule has 5 aromatic rings. The number of nitriles is 1. The lowest BCUT2D eigenvalue weighted by Gasteiger charge is -2.30. The number of nitrogens with one attached hydrogen (secondary N) is 4. The molecule has 0 radical (unpaired) electrons. The number of aromatic nitrogens is 4. The summed E-state index contributed by atoms with van der Waals surface area (Å²) in [6, 6.07) is 20.9. The zero-order chi connectivity index (χ0) is 42.7. The Hall–Kier alpha value is -6.69. The molecule has 61 heavy (non-hydrogen) atoms. The number of likely N-dealkylation sites (tertiary alicyclic amines) is 2. The number of hydrogen-bond acceptors (Lipinski definition) is 9. The van der Waals surface area contributed by atoms with Gasteiger partial charge in [-0.2, -0.15) is 5.26 Å². The van der Waals surface area contributed by atoms with E-state index >= 15 is 0 Å². The van der Waals surface area contributed by atoms with Crippen LogP contribution in [0.4, 0.5) is 9.59 Å². The number of hydrogen-bond donors (Lipinski definition) is 4. The Bertz CT molecular complexity index is 2420. The normalized spacial score (nSPS) is 18.4. The molecule has 3 aromatic carbocycles. The van der Waals surface area contributed by atoms with Gasteiger partial charge in [0.15, 0.2) is 0 Å². The van der Waals surface area contributed by atoms with Crippen LogP contribution in [0, 0.1) is 29.1 Å². The summed E-state index contributed by atoms with van der Waals surface area (Å²) in [4.78, 5) is 71.0. The van der Waals surface area contributed by atoms with Gasteiger partial charge in [-0.05, 0) is 70.7 Å². The molecule has 7 rings (SSSR count). The van der Waals surface area contributed by atoms with Crippen molar-refractivity contribution in [3.8, 4) is 39.7 Å². The van der Waals surface area contributed by atoms with Crippen molar-refractivity contribution in [1.82, 2.24) is 40.4 Å². The molecule has 0 bridgehead atoms. The van der Waals surface area contributed by atoms with Gasteiger partial charge in [0.1, 0.15) is 23.7 Å². The fraction of sp³-hybridized carbons (Fsp3) is 0.413. The highest BCUT2D eigenvalue weighted by Gasteiger charge is 2.42. The monoisotopic (exact) mass is 829 g/mol. The summed E-state index contributed by atoms with van der Waals surface area (Å²) in [5.74, 6) is 0.203. The van der Waals surface area contributed by atoms with E-state index in [1.807, 2.05) is 46.0 Å². The van der Waals surface area contributed by atoms with Gasteiger partial charge in [0, 0.05) is 18.7 Å². The Morgan fingerprint density at radius 3 is 1.77 bits per heavy atom. The molecule has 2 aromatic heterocycles. The Labute approximate surface area is 356 Å². The minimum atomic E-state index is -0.808. The Morgan fingerprint density at radius 1 is 0.721 bits per heavy atom. The number of benzene rings is 3. The van der Waals surface area contributed by atoms with E-state index in [-0.39, 0.29) is 49.6 Å². The topological polar surface area (TPSA) is 198 Å². The number of fused-ring (bicyclic) bond motifs is 1. The molecule has 4 heterocycles. The van der Waals surface area contributed by atoms with E-state index in [1.165, 1.54) is 14.2 Å². The lowest BCUT2D eigenvalue weighted by molar-refractivity contribution is -0.136. The summed E-state index contributed by atoms with van der Waals surface area (Å²) in [7, 11) is 2.54. The number of amides is 4. The summed E-state index contributed by atoms with van der Waals surface area (Å²) in [5, 5.41) is 17.2. The van der Waals surface area contributed by atoms with Gasteiger partial charge in [0.25, 0.3) is 0 Å². The first-order valence-corrected chi connectivity index (χ1v) is 20.3. The van der Waals surface area contributed by atoms with Crippen molar-refractivity contribution in [2.24, 2.45) is 17.8 Å². The van der Waals surface area contributed by atoms with Gasteiger partial charge in [-0.1, -0.05) is 83.7 Å². The average molecular weight is 830 g/mol. The van der Waals surface area contributed by atoms with Gasteiger partial charge in [0.05, 0.1) is 62.1 Å². The maximum absolute atomic E-state index is 13.7. The highest BCUT2D eigenvalue weighted by atomic mass is 16.5. The minimum Gasteiger partial charge on any atom is -0.453 e. The molecule has 4 amide bonds. The zero-order valence-electron chi connectivity index (χ0n) is 34.7. The van der Waals surface area contributed by atoms with E-state index in [9.17, 15) is 24.4 Å². The van der Waals surface area contributed by atoms with Gasteiger partial charge in [-0.25, -0.2) is 19.6 Å². The van der Waals surface area contributed by atoms with Crippen LogP contribution in [0.1, 0.15) is 78.1 Å². The number of carbonyl (C=O) groups is 4. The van der Waals surface area contributed by atoms with Crippen molar-refractivity contribution in [1.29, 1.82) is 5.26 Å². The molecule has 2 aliphatic heterocycles. The van der Waals surface area contributed by atoms with Gasteiger partial charge in [-0.3, -0.25) is 9.59 Å². The van der Waals surface area contributed by atoms with Crippen LogP contribution < -0.4 is 10.6 Å². The van der Waals surface area contributed by atoms with E-state index in [1.54, 1.807) is 16.0 Å². The zero-order valence-corrected chi connectivity index (χ0v) is 34.7. The number of nitrogens with zero attached hydrogens (tertiary/aromatic N) is 5. The smallest absolute Gasteiger partial charge is 0.407 e. The van der Waals surface area contributed by atoms with Crippen LogP contribution >= 0.6 is 0 Å². The van der Waals surface area contributed by atoms with Crippen molar-refractivity contribution < 1.29 is 28.7 Å². The molecule has 0 unspecified atom stereocenters. The number of alkyl carbamates (subject to hydrolysis) is 2. The number of carbonyl (C=O) groups excluding carboxylic acids is 4. The summed E-state index contributed by atoms with van der Waals surface area (Å²) < 4.78 is 9.52. The van der Waals surface area contributed by atoms with Crippen LogP contribution in [0.3, 0.4) is 0 Å². The number of rotatable bonds is 11. The highest BCUT2D eigenvalue weighted by Crippen LogP contribution is 2.37. The fourth-order valence-corrected chi connectivity index (χ4v) is 8.24. The van der Waals surface area contributed by atoms with E-state index < -0.39 is 30.3 Å². The van der Waals surface area contributed by atoms with Crippen LogP contribution in [-0.2, 0) is 19.1 Å². The van der Waals surface area contributed by atoms with Crippen molar-refractivity contribution in [2.45, 2.75) is 78.6 Å².